The highest BCUT2D eigenvalue weighted by atomic mass is 16.5. The van der Waals surface area contributed by atoms with Crippen molar-refractivity contribution in [2.45, 2.75) is 0 Å². The summed E-state index contributed by atoms with van der Waals surface area (Å²) >= 11 is 0. The Labute approximate surface area is 133 Å². The molecule has 0 saturated carbocycles. The average molecular weight is 311 g/mol. The van der Waals surface area contributed by atoms with Gasteiger partial charge in [-0.3, -0.25) is 0 Å². The molecule has 0 unspecified atom stereocenters. The molecule has 23 heavy (non-hydrogen) atoms. The third kappa shape index (κ3) is 2.86. The number of morpholine rings is 1. The van der Waals surface area contributed by atoms with Crippen LogP contribution in [0.4, 0.5) is 5.82 Å². The first kappa shape index (κ1) is 15.0. The van der Waals surface area contributed by atoms with E-state index in [0.29, 0.717) is 30.1 Å². The van der Waals surface area contributed by atoms with Gasteiger partial charge in [-0.05, 0) is 6.08 Å². The Hall–Kier alpha value is -2.92. The van der Waals surface area contributed by atoms with Gasteiger partial charge in [0, 0.05) is 31.9 Å². The maximum atomic E-state index is 9.01. The molecule has 0 bridgehead atoms. The molecule has 1 aliphatic heterocycles. The van der Waals surface area contributed by atoms with Crippen LogP contribution in [-0.2, 0) is 4.74 Å². The Morgan fingerprint density at radius 1 is 1.48 bits per heavy atom. The van der Waals surface area contributed by atoms with Gasteiger partial charge in [0.05, 0.1) is 24.3 Å². The number of aromatic amines is 1. The number of nitrogens with one attached hydrogen (secondary N) is 3. The number of nitriles is 1. The molecule has 118 valence electrons. The second kappa shape index (κ2) is 6.46. The molecule has 0 radical (unpaired) electrons. The second-order valence-corrected chi connectivity index (χ2v) is 5.06. The fraction of sp³-hybridized carbons (Fsp3) is 0.333. The Balaban J connectivity index is 2.06. The summed E-state index contributed by atoms with van der Waals surface area (Å²) in [5.74, 6) is 0.788. The zero-order valence-corrected chi connectivity index (χ0v) is 12.8. The predicted octanol–water partition coefficient (Wildman–Crippen LogP) is 0.789. The van der Waals surface area contributed by atoms with Crippen molar-refractivity contribution in [3.63, 3.8) is 0 Å². The summed E-state index contributed by atoms with van der Waals surface area (Å²) in [7, 11) is 1.65. The van der Waals surface area contributed by atoms with Crippen molar-refractivity contribution in [3.05, 3.63) is 29.9 Å². The number of fused-ring (bicyclic) bond motifs is 1. The van der Waals surface area contributed by atoms with Crippen molar-refractivity contribution in [3.8, 4) is 6.07 Å². The minimum absolute atomic E-state index is 0.228. The summed E-state index contributed by atoms with van der Waals surface area (Å²) in [6, 6.07) is 2.01. The van der Waals surface area contributed by atoms with Crippen molar-refractivity contribution in [1.29, 1.82) is 10.7 Å². The van der Waals surface area contributed by atoms with Gasteiger partial charge in [-0.2, -0.15) is 5.26 Å². The lowest BCUT2D eigenvalue weighted by Gasteiger charge is -2.28. The molecule has 0 aromatic carbocycles. The van der Waals surface area contributed by atoms with Gasteiger partial charge in [0.25, 0.3) is 0 Å². The van der Waals surface area contributed by atoms with Crippen molar-refractivity contribution in [2.75, 3.05) is 38.3 Å². The molecule has 0 amide bonds. The van der Waals surface area contributed by atoms with Crippen LogP contribution >= 0.6 is 0 Å². The lowest BCUT2D eigenvalue weighted by atomic mass is 10.1. The summed E-state index contributed by atoms with van der Waals surface area (Å²) in [4.78, 5) is 13.8. The van der Waals surface area contributed by atoms with Gasteiger partial charge in [-0.15, -0.1) is 0 Å². The van der Waals surface area contributed by atoms with Gasteiger partial charge in [-0.25, -0.2) is 9.97 Å². The van der Waals surface area contributed by atoms with E-state index in [4.69, 9.17) is 15.4 Å². The van der Waals surface area contributed by atoms with E-state index in [0.717, 1.165) is 24.3 Å². The molecule has 3 N–H and O–H groups in total. The number of hydrogen-bond donors (Lipinski definition) is 3. The van der Waals surface area contributed by atoms with Crippen molar-refractivity contribution < 1.29 is 4.74 Å². The van der Waals surface area contributed by atoms with Gasteiger partial charge in [-0.1, -0.05) is 0 Å². The number of hydrogen-bond acceptors (Lipinski definition) is 7. The van der Waals surface area contributed by atoms with E-state index in [-0.39, 0.29) is 5.71 Å². The van der Waals surface area contributed by atoms with Gasteiger partial charge >= 0.3 is 0 Å². The largest absolute Gasteiger partial charge is 0.380 e. The Bertz CT molecular complexity index is 796. The minimum Gasteiger partial charge on any atom is -0.380 e. The lowest BCUT2D eigenvalue weighted by Crippen LogP contribution is -2.37. The number of ether oxygens (including phenoxy) is 1. The fourth-order valence-corrected chi connectivity index (χ4v) is 2.56. The van der Waals surface area contributed by atoms with Crippen molar-refractivity contribution >= 4 is 22.6 Å². The van der Waals surface area contributed by atoms with Crippen LogP contribution in [0, 0.1) is 16.7 Å². The zero-order valence-electron chi connectivity index (χ0n) is 12.8. The van der Waals surface area contributed by atoms with E-state index in [1.54, 1.807) is 13.2 Å². The Kier molecular flexibility index (Phi) is 4.21. The lowest BCUT2D eigenvalue weighted by molar-refractivity contribution is 0.122. The molecule has 3 heterocycles. The first-order valence-corrected chi connectivity index (χ1v) is 7.28. The third-order valence-corrected chi connectivity index (χ3v) is 3.73. The molecule has 1 saturated heterocycles. The highest BCUT2D eigenvalue weighted by Crippen LogP contribution is 2.27. The highest BCUT2D eigenvalue weighted by molar-refractivity contribution is 6.17. The van der Waals surface area contributed by atoms with E-state index in [2.05, 4.69) is 25.2 Å². The summed E-state index contributed by atoms with van der Waals surface area (Å²) < 4.78 is 5.39. The number of allylic oxidation sites excluding steroid dienone is 2. The summed E-state index contributed by atoms with van der Waals surface area (Å²) in [5.41, 5.74) is 1.91. The van der Waals surface area contributed by atoms with Gasteiger partial charge in [0.2, 0.25) is 0 Å². The molecule has 8 nitrogen and oxygen atoms in total. The molecule has 3 rings (SSSR count). The Morgan fingerprint density at radius 2 is 2.26 bits per heavy atom. The molecule has 2 aromatic rings. The van der Waals surface area contributed by atoms with Crippen LogP contribution in [-0.4, -0.2) is 54.0 Å². The van der Waals surface area contributed by atoms with E-state index >= 15 is 0 Å². The monoisotopic (exact) mass is 311 g/mol. The van der Waals surface area contributed by atoms with Crippen LogP contribution in [0.25, 0.3) is 11.0 Å². The zero-order chi connectivity index (χ0) is 16.2. The molecule has 0 aliphatic carbocycles. The normalized spacial score (nSPS) is 15.5. The van der Waals surface area contributed by atoms with Crippen LogP contribution < -0.4 is 10.2 Å². The topological polar surface area (TPSA) is 114 Å². The van der Waals surface area contributed by atoms with E-state index in [1.165, 1.54) is 12.4 Å². The minimum atomic E-state index is 0.228. The maximum Gasteiger partial charge on any atom is 0.143 e. The molecular weight excluding hydrogens is 294 g/mol. The van der Waals surface area contributed by atoms with Crippen molar-refractivity contribution in [2.24, 2.45) is 0 Å². The van der Waals surface area contributed by atoms with E-state index < -0.39 is 0 Å². The standard InChI is InChI=1S/C15H17N7O/c1-18-10(7-16)6-12(17)11-8-19-14-13(11)15(21-9-20-14)22-2-4-23-5-3-22/h6,8-9,17-18H,2-5H2,1H3,(H,19,20,21)/b10-6-,17-12?. The quantitative estimate of drug-likeness (QED) is 0.568. The fourth-order valence-electron chi connectivity index (χ4n) is 2.56. The Morgan fingerprint density at radius 3 is 2.96 bits per heavy atom. The first-order chi connectivity index (χ1) is 11.2. The van der Waals surface area contributed by atoms with E-state index in [9.17, 15) is 0 Å². The number of nitrogens with zero attached hydrogens (tertiary/aromatic N) is 4. The molecule has 1 fully saturated rings. The average Bonchev–Trinajstić information content (AvgIpc) is 3.04. The SMILES string of the molecule is CN/C(C#N)=C\C(=N)c1c[nH]c2ncnc(N3CCOCC3)c12. The first-order valence-electron chi connectivity index (χ1n) is 7.28. The third-order valence-electron chi connectivity index (χ3n) is 3.73. The van der Waals surface area contributed by atoms with E-state index in [1.807, 2.05) is 6.07 Å². The van der Waals surface area contributed by atoms with Crippen LogP contribution in [0.3, 0.4) is 0 Å². The predicted molar refractivity (Wildman–Crippen MR) is 86.5 cm³/mol. The smallest absolute Gasteiger partial charge is 0.143 e. The summed E-state index contributed by atoms with van der Waals surface area (Å²) in [6.07, 6.45) is 4.74. The maximum absolute atomic E-state index is 9.01. The number of aromatic nitrogens is 3. The molecule has 0 atom stereocenters. The summed E-state index contributed by atoms with van der Waals surface area (Å²) in [5, 5.41) is 20.9. The second-order valence-electron chi connectivity index (χ2n) is 5.06. The highest BCUT2D eigenvalue weighted by Gasteiger charge is 2.20. The van der Waals surface area contributed by atoms with Crippen LogP contribution in [0.1, 0.15) is 5.56 Å². The summed E-state index contributed by atoms with van der Waals surface area (Å²) in [6.45, 7) is 2.81. The molecule has 8 heteroatoms. The number of rotatable bonds is 4. The number of H-pyrrole nitrogens is 1. The molecule has 1 aliphatic rings. The van der Waals surface area contributed by atoms with Gasteiger partial charge in [0.15, 0.2) is 0 Å². The van der Waals surface area contributed by atoms with Gasteiger partial charge in [0.1, 0.15) is 29.6 Å². The van der Waals surface area contributed by atoms with Crippen LogP contribution in [0.2, 0.25) is 0 Å². The van der Waals surface area contributed by atoms with Crippen LogP contribution in [0.15, 0.2) is 24.3 Å². The van der Waals surface area contributed by atoms with Crippen LogP contribution in [0.5, 0.6) is 0 Å². The molecule has 2 aromatic heterocycles. The van der Waals surface area contributed by atoms with Gasteiger partial charge < -0.3 is 25.3 Å². The van der Waals surface area contributed by atoms with Crippen molar-refractivity contribution in [1.82, 2.24) is 20.3 Å². The number of anilines is 1. The molecule has 0 spiro atoms. The molecular formula is C15H17N7O.